The van der Waals surface area contributed by atoms with Crippen LogP contribution < -0.4 is 10.4 Å². The Morgan fingerprint density at radius 2 is 1.86 bits per heavy atom. The molecule has 22 heavy (non-hydrogen) atoms. The van der Waals surface area contributed by atoms with Gasteiger partial charge in [-0.3, -0.25) is 0 Å². The van der Waals surface area contributed by atoms with Crippen LogP contribution in [0.2, 0.25) is 10.0 Å². The minimum Gasteiger partial charge on any atom is -0.406 e. The van der Waals surface area contributed by atoms with Crippen LogP contribution in [0.1, 0.15) is 27.2 Å². The maximum atomic E-state index is 5.94. The van der Waals surface area contributed by atoms with Crippen molar-refractivity contribution in [3.8, 4) is 0 Å². The molecule has 2 N–H and O–H groups in total. The van der Waals surface area contributed by atoms with Gasteiger partial charge in [-0.1, -0.05) is 30.1 Å². The standard InChI is InChI=1S/C13H19Cl2N2O2PS2/c1-4-9(3)17-20(22,18-5-2)19-13(21)16-12-7-10(14)6-11(15)8-12/h6-9H,4-5H2,1-3H3,(H,16,21)(H,17,22). The van der Waals surface area contributed by atoms with Crippen LogP contribution in [0, 0.1) is 0 Å². The number of benzene rings is 1. The number of rotatable bonds is 7. The molecule has 124 valence electrons. The summed E-state index contributed by atoms with van der Waals surface area (Å²) in [5.74, 6) is 0. The molecule has 0 aliphatic heterocycles. The molecule has 0 saturated carbocycles. The van der Waals surface area contributed by atoms with Crippen molar-refractivity contribution < 1.29 is 9.05 Å². The highest BCUT2D eigenvalue weighted by molar-refractivity contribution is 8.09. The highest BCUT2D eigenvalue weighted by atomic mass is 35.5. The van der Waals surface area contributed by atoms with Crippen molar-refractivity contribution in [1.82, 2.24) is 5.09 Å². The van der Waals surface area contributed by atoms with Gasteiger partial charge in [-0.05, 0) is 62.5 Å². The Morgan fingerprint density at radius 3 is 2.36 bits per heavy atom. The lowest BCUT2D eigenvalue weighted by molar-refractivity contribution is 0.316. The quantitative estimate of drug-likeness (QED) is 0.474. The summed E-state index contributed by atoms with van der Waals surface area (Å²) in [6.07, 6.45) is 0.902. The maximum Gasteiger partial charge on any atom is 0.314 e. The van der Waals surface area contributed by atoms with Gasteiger partial charge in [-0.25, -0.2) is 5.09 Å². The predicted octanol–water partition coefficient (Wildman–Crippen LogP) is 5.36. The lowest BCUT2D eigenvalue weighted by atomic mass is 10.3. The second kappa shape index (κ2) is 9.38. The van der Waals surface area contributed by atoms with Gasteiger partial charge < -0.3 is 14.4 Å². The van der Waals surface area contributed by atoms with E-state index < -0.39 is 6.64 Å². The zero-order chi connectivity index (χ0) is 16.8. The molecule has 2 atom stereocenters. The van der Waals surface area contributed by atoms with Gasteiger partial charge in [0.2, 0.25) is 0 Å². The normalized spacial score (nSPS) is 15.0. The Kier molecular flexibility index (Phi) is 8.57. The largest absolute Gasteiger partial charge is 0.406 e. The monoisotopic (exact) mass is 400 g/mol. The Labute approximate surface area is 152 Å². The van der Waals surface area contributed by atoms with Gasteiger partial charge in [-0.15, -0.1) is 0 Å². The summed E-state index contributed by atoms with van der Waals surface area (Å²) in [7, 11) is 0. The van der Waals surface area contributed by atoms with E-state index in [1.54, 1.807) is 18.2 Å². The third-order valence-corrected chi connectivity index (χ3v) is 5.98. The molecule has 9 heteroatoms. The number of nitrogens with one attached hydrogen (secondary N) is 2. The predicted molar refractivity (Wildman–Crippen MR) is 103 cm³/mol. The van der Waals surface area contributed by atoms with E-state index >= 15 is 0 Å². The van der Waals surface area contributed by atoms with E-state index in [4.69, 9.17) is 56.3 Å². The molecule has 1 aromatic carbocycles. The van der Waals surface area contributed by atoms with E-state index in [9.17, 15) is 0 Å². The molecule has 0 amide bonds. The summed E-state index contributed by atoms with van der Waals surface area (Å²) in [5, 5.41) is 7.21. The molecule has 0 bridgehead atoms. The fraction of sp³-hybridized carbons (Fsp3) is 0.462. The molecule has 4 nitrogen and oxygen atoms in total. The van der Waals surface area contributed by atoms with E-state index in [0.29, 0.717) is 22.3 Å². The van der Waals surface area contributed by atoms with E-state index in [2.05, 4.69) is 10.4 Å². The summed E-state index contributed by atoms with van der Waals surface area (Å²) in [5.41, 5.74) is 0.629. The van der Waals surface area contributed by atoms with Crippen molar-refractivity contribution in [2.75, 3.05) is 11.9 Å². The number of hydrogen-bond acceptors (Lipinski definition) is 4. The van der Waals surface area contributed by atoms with Crippen molar-refractivity contribution in [1.29, 1.82) is 0 Å². The van der Waals surface area contributed by atoms with E-state index in [1.165, 1.54) is 0 Å². The van der Waals surface area contributed by atoms with Crippen LogP contribution in [0.25, 0.3) is 0 Å². The van der Waals surface area contributed by atoms with Gasteiger partial charge in [-0.2, -0.15) is 0 Å². The summed E-state index contributed by atoms with van der Waals surface area (Å²) in [4.78, 5) is 0. The molecule has 0 aromatic heterocycles. The number of hydrogen-bond donors (Lipinski definition) is 2. The molecule has 0 saturated heterocycles. The first-order valence-electron chi connectivity index (χ1n) is 6.77. The van der Waals surface area contributed by atoms with Crippen LogP contribution in [0.15, 0.2) is 18.2 Å². The Hall–Kier alpha value is 0.0600. The average Bonchev–Trinajstić information content (AvgIpc) is 2.36. The molecule has 1 rings (SSSR count). The summed E-state index contributed by atoms with van der Waals surface area (Å²) >= 11 is 22.5. The first-order valence-corrected chi connectivity index (χ1v) is 10.6. The van der Waals surface area contributed by atoms with Crippen molar-refractivity contribution in [2.24, 2.45) is 0 Å². The maximum absolute atomic E-state index is 5.94. The zero-order valence-electron chi connectivity index (χ0n) is 12.6. The molecule has 0 aliphatic carbocycles. The second-order valence-corrected chi connectivity index (χ2v) is 8.90. The highest BCUT2D eigenvalue weighted by Gasteiger charge is 2.23. The summed E-state index contributed by atoms with van der Waals surface area (Å²) in [6, 6.07) is 5.18. The summed E-state index contributed by atoms with van der Waals surface area (Å²) in [6.45, 7) is 3.66. The van der Waals surface area contributed by atoms with Crippen LogP contribution in [-0.2, 0) is 20.9 Å². The lowest BCUT2D eigenvalue weighted by Crippen LogP contribution is -2.27. The van der Waals surface area contributed by atoms with E-state index in [1.807, 2.05) is 20.8 Å². The van der Waals surface area contributed by atoms with Crippen molar-refractivity contribution in [2.45, 2.75) is 33.2 Å². The first-order chi connectivity index (χ1) is 10.3. The fourth-order valence-corrected chi connectivity index (χ4v) is 5.18. The topological polar surface area (TPSA) is 42.5 Å². The smallest absolute Gasteiger partial charge is 0.314 e. The third-order valence-electron chi connectivity index (χ3n) is 2.60. The van der Waals surface area contributed by atoms with Crippen LogP contribution in [0.3, 0.4) is 0 Å². The second-order valence-electron chi connectivity index (χ2n) is 4.52. The fourth-order valence-electron chi connectivity index (χ4n) is 1.50. The van der Waals surface area contributed by atoms with E-state index in [0.717, 1.165) is 6.42 Å². The van der Waals surface area contributed by atoms with Gasteiger partial charge in [0.25, 0.3) is 5.17 Å². The zero-order valence-corrected chi connectivity index (χ0v) is 16.6. The third kappa shape index (κ3) is 7.09. The van der Waals surface area contributed by atoms with Crippen LogP contribution in [0.4, 0.5) is 5.69 Å². The van der Waals surface area contributed by atoms with Gasteiger partial charge in [0.1, 0.15) is 0 Å². The van der Waals surface area contributed by atoms with Gasteiger partial charge >= 0.3 is 6.64 Å². The molecule has 1 aromatic rings. The Bertz CT molecular complexity index is 555. The minimum atomic E-state index is -2.70. The molecule has 0 radical (unpaired) electrons. The van der Waals surface area contributed by atoms with Crippen molar-refractivity contribution in [3.05, 3.63) is 28.2 Å². The van der Waals surface area contributed by atoms with Crippen LogP contribution in [-0.4, -0.2) is 17.8 Å². The van der Waals surface area contributed by atoms with Gasteiger partial charge in [0.05, 0.1) is 6.61 Å². The number of halogens is 2. The van der Waals surface area contributed by atoms with Gasteiger partial charge in [0, 0.05) is 21.8 Å². The van der Waals surface area contributed by atoms with Crippen molar-refractivity contribution in [3.63, 3.8) is 0 Å². The first kappa shape index (κ1) is 20.1. The molecule has 0 spiro atoms. The van der Waals surface area contributed by atoms with Crippen LogP contribution in [0.5, 0.6) is 0 Å². The molecule has 0 aliphatic rings. The molecular formula is C13H19Cl2N2O2PS2. The minimum absolute atomic E-state index is 0.117. The number of thiocarbonyl (C=S) groups is 1. The van der Waals surface area contributed by atoms with Crippen LogP contribution >= 0.6 is 42.1 Å². The van der Waals surface area contributed by atoms with Gasteiger partial charge in [0.15, 0.2) is 0 Å². The molecule has 0 fully saturated rings. The molecule has 2 unspecified atom stereocenters. The Morgan fingerprint density at radius 1 is 1.27 bits per heavy atom. The Balaban J connectivity index is 2.76. The number of anilines is 1. The highest BCUT2D eigenvalue weighted by Crippen LogP contribution is 2.45. The average molecular weight is 401 g/mol. The molecule has 0 heterocycles. The van der Waals surface area contributed by atoms with Crippen molar-refractivity contribution >= 4 is 64.7 Å². The summed E-state index contributed by atoms with van der Waals surface area (Å²) < 4.78 is 11.2. The molecular weight excluding hydrogens is 382 g/mol. The SMILES string of the molecule is CCOP(=S)(NC(C)CC)OC(=S)Nc1cc(Cl)cc(Cl)c1. The van der Waals surface area contributed by atoms with E-state index in [-0.39, 0.29) is 11.2 Å². The lowest BCUT2D eigenvalue weighted by Gasteiger charge is -2.26.